The van der Waals surface area contributed by atoms with Gasteiger partial charge in [0.1, 0.15) is 0 Å². The van der Waals surface area contributed by atoms with E-state index < -0.39 is 0 Å². The van der Waals surface area contributed by atoms with Crippen molar-refractivity contribution in [3.63, 3.8) is 0 Å². The fourth-order valence-electron chi connectivity index (χ4n) is 1.32. The normalized spacial score (nSPS) is 19.3. The second-order valence-corrected chi connectivity index (χ2v) is 4.58. The van der Waals surface area contributed by atoms with Gasteiger partial charge in [-0.25, -0.2) is 4.36 Å². The molecule has 68 valence electrons. The molecule has 0 spiro atoms. The molecule has 1 aliphatic rings. The average molecular weight is 196 g/mol. The predicted molar refractivity (Wildman–Crippen MR) is 52.2 cm³/mol. The lowest BCUT2D eigenvalue weighted by molar-refractivity contribution is -0.384. The Morgan fingerprint density at radius 1 is 1.62 bits per heavy atom. The summed E-state index contributed by atoms with van der Waals surface area (Å²) in [7, 11) is 0.0116. The standard InChI is InChI=1S/C8H8N2O2S/c1-13-5-6-4-7(10(11)12)2-3-8(6)9-13/h2-4H,5H2,1H3. The molecular formula is C8H8N2O2S. The molecule has 0 saturated heterocycles. The number of fused-ring (bicyclic) bond motifs is 1. The molecule has 0 N–H and O–H groups in total. The fraction of sp³-hybridized carbons (Fsp3) is 0.250. The van der Waals surface area contributed by atoms with Crippen LogP contribution in [0.25, 0.3) is 0 Å². The molecule has 13 heavy (non-hydrogen) atoms. The summed E-state index contributed by atoms with van der Waals surface area (Å²) in [5.74, 6) is 0.844. The van der Waals surface area contributed by atoms with Crippen molar-refractivity contribution in [2.75, 3.05) is 6.26 Å². The van der Waals surface area contributed by atoms with E-state index in [2.05, 4.69) is 4.36 Å². The zero-order valence-corrected chi connectivity index (χ0v) is 7.87. The number of nitrogens with zero attached hydrogens (tertiary/aromatic N) is 2. The zero-order chi connectivity index (χ0) is 9.42. The van der Waals surface area contributed by atoms with Crippen molar-refractivity contribution in [1.29, 1.82) is 0 Å². The first-order chi connectivity index (χ1) is 6.16. The summed E-state index contributed by atoms with van der Waals surface area (Å²) in [4.78, 5) is 10.1. The summed E-state index contributed by atoms with van der Waals surface area (Å²) >= 11 is 0. The van der Waals surface area contributed by atoms with Crippen LogP contribution < -0.4 is 0 Å². The molecular weight excluding hydrogens is 188 g/mol. The van der Waals surface area contributed by atoms with Crippen LogP contribution in [0.1, 0.15) is 5.56 Å². The number of nitro groups is 1. The highest BCUT2D eigenvalue weighted by atomic mass is 32.2. The van der Waals surface area contributed by atoms with E-state index in [0.717, 1.165) is 17.0 Å². The minimum atomic E-state index is -0.369. The van der Waals surface area contributed by atoms with E-state index >= 15 is 0 Å². The Bertz CT molecular complexity index is 415. The Morgan fingerprint density at radius 2 is 2.38 bits per heavy atom. The van der Waals surface area contributed by atoms with E-state index in [9.17, 15) is 10.1 Å². The summed E-state index contributed by atoms with van der Waals surface area (Å²) in [5.41, 5.74) is 2.07. The first-order valence-electron chi connectivity index (χ1n) is 3.78. The van der Waals surface area contributed by atoms with Gasteiger partial charge >= 0.3 is 0 Å². The van der Waals surface area contributed by atoms with Crippen LogP contribution in [0.15, 0.2) is 22.6 Å². The van der Waals surface area contributed by atoms with E-state index in [4.69, 9.17) is 0 Å². The Labute approximate surface area is 77.8 Å². The van der Waals surface area contributed by atoms with Gasteiger partial charge in [0, 0.05) is 17.9 Å². The second-order valence-electron chi connectivity index (χ2n) is 2.91. The molecule has 0 radical (unpaired) electrons. The summed E-state index contributed by atoms with van der Waals surface area (Å²) in [6, 6.07) is 4.85. The van der Waals surface area contributed by atoms with Gasteiger partial charge in [-0.05, 0) is 17.9 Å². The van der Waals surface area contributed by atoms with Crippen molar-refractivity contribution in [2.24, 2.45) is 4.36 Å². The zero-order valence-electron chi connectivity index (χ0n) is 7.06. The highest BCUT2D eigenvalue weighted by Gasteiger charge is 2.14. The van der Waals surface area contributed by atoms with Gasteiger partial charge in [0.05, 0.1) is 10.6 Å². The highest BCUT2D eigenvalue weighted by molar-refractivity contribution is 7.86. The van der Waals surface area contributed by atoms with Gasteiger partial charge in [-0.1, -0.05) is 10.7 Å². The molecule has 5 heteroatoms. The van der Waals surface area contributed by atoms with E-state index in [1.165, 1.54) is 6.07 Å². The molecule has 0 saturated carbocycles. The topological polar surface area (TPSA) is 55.5 Å². The lowest BCUT2D eigenvalue weighted by atomic mass is 10.2. The predicted octanol–water partition coefficient (Wildman–Crippen LogP) is 2.17. The van der Waals surface area contributed by atoms with Crippen LogP contribution in [0.4, 0.5) is 11.4 Å². The summed E-state index contributed by atoms with van der Waals surface area (Å²) in [5, 5.41) is 10.5. The van der Waals surface area contributed by atoms with Crippen molar-refractivity contribution >= 4 is 22.1 Å². The van der Waals surface area contributed by atoms with Gasteiger partial charge in [0.25, 0.3) is 5.69 Å². The number of benzene rings is 1. The molecule has 0 bridgehead atoms. The van der Waals surface area contributed by atoms with Crippen LogP contribution >= 0.6 is 0 Å². The maximum Gasteiger partial charge on any atom is 0.269 e. The second kappa shape index (κ2) is 2.92. The molecule has 1 aliphatic heterocycles. The summed E-state index contributed by atoms with van der Waals surface area (Å²) < 4.78 is 4.36. The SMILES string of the molecule is CS1=Nc2ccc([N+](=O)[O-])cc2C1. The smallest absolute Gasteiger partial charge is 0.258 e. The van der Waals surface area contributed by atoms with Crippen molar-refractivity contribution in [1.82, 2.24) is 0 Å². The van der Waals surface area contributed by atoms with Gasteiger partial charge in [0.2, 0.25) is 0 Å². The maximum absolute atomic E-state index is 10.5. The monoisotopic (exact) mass is 196 g/mol. The van der Waals surface area contributed by atoms with Gasteiger partial charge in [0.15, 0.2) is 0 Å². The average Bonchev–Trinajstić information content (AvgIpc) is 2.42. The summed E-state index contributed by atoms with van der Waals surface area (Å²) in [6.07, 6.45) is 2.03. The number of rotatable bonds is 1. The number of nitro benzene ring substituents is 1. The lowest BCUT2D eigenvalue weighted by Crippen LogP contribution is -1.89. The molecule has 1 heterocycles. The maximum atomic E-state index is 10.5. The van der Waals surface area contributed by atoms with Crippen molar-refractivity contribution in [3.8, 4) is 0 Å². The molecule has 1 unspecified atom stereocenters. The molecule has 1 atom stereocenters. The molecule has 0 aromatic heterocycles. The molecule has 2 rings (SSSR count). The Balaban J connectivity index is 2.45. The van der Waals surface area contributed by atoms with Crippen LogP contribution in [0.5, 0.6) is 0 Å². The molecule has 0 amide bonds. The summed E-state index contributed by atoms with van der Waals surface area (Å²) in [6.45, 7) is 0. The number of hydrogen-bond acceptors (Lipinski definition) is 3. The molecule has 0 aliphatic carbocycles. The van der Waals surface area contributed by atoms with Crippen LogP contribution in [0, 0.1) is 10.1 Å². The Morgan fingerprint density at radius 3 is 3.08 bits per heavy atom. The lowest BCUT2D eigenvalue weighted by Gasteiger charge is -1.95. The molecule has 1 aromatic rings. The van der Waals surface area contributed by atoms with Crippen molar-refractivity contribution < 1.29 is 4.92 Å². The van der Waals surface area contributed by atoms with Gasteiger partial charge in [-0.3, -0.25) is 10.1 Å². The van der Waals surface area contributed by atoms with E-state index in [1.54, 1.807) is 12.1 Å². The van der Waals surface area contributed by atoms with Crippen molar-refractivity contribution in [2.45, 2.75) is 5.75 Å². The largest absolute Gasteiger partial charge is 0.269 e. The molecule has 0 fully saturated rings. The van der Waals surface area contributed by atoms with Gasteiger partial charge < -0.3 is 0 Å². The first kappa shape index (κ1) is 8.37. The third kappa shape index (κ3) is 1.47. The van der Waals surface area contributed by atoms with E-state index in [0.29, 0.717) is 0 Å². The molecule has 4 nitrogen and oxygen atoms in total. The third-order valence-corrected chi connectivity index (χ3v) is 3.13. The third-order valence-electron chi connectivity index (χ3n) is 1.89. The van der Waals surface area contributed by atoms with Crippen LogP contribution in [0.2, 0.25) is 0 Å². The van der Waals surface area contributed by atoms with Crippen LogP contribution in [0.3, 0.4) is 0 Å². The number of hydrogen-bond donors (Lipinski definition) is 0. The first-order valence-corrected chi connectivity index (χ1v) is 5.54. The van der Waals surface area contributed by atoms with E-state index in [-0.39, 0.29) is 21.3 Å². The van der Waals surface area contributed by atoms with Gasteiger partial charge in [-0.15, -0.1) is 0 Å². The Hall–Kier alpha value is -1.23. The fourth-order valence-corrected chi connectivity index (χ4v) is 2.58. The number of non-ortho nitro benzene ring substituents is 1. The molecule has 1 aromatic carbocycles. The minimum Gasteiger partial charge on any atom is -0.258 e. The quantitative estimate of drug-likeness (QED) is 0.510. The Kier molecular flexibility index (Phi) is 1.88. The van der Waals surface area contributed by atoms with Crippen LogP contribution in [-0.4, -0.2) is 11.2 Å². The van der Waals surface area contributed by atoms with Crippen molar-refractivity contribution in [3.05, 3.63) is 33.9 Å². The van der Waals surface area contributed by atoms with Gasteiger partial charge in [-0.2, -0.15) is 0 Å². The van der Waals surface area contributed by atoms with E-state index in [1.807, 2.05) is 6.26 Å². The highest BCUT2D eigenvalue weighted by Crippen LogP contribution is 2.31. The minimum absolute atomic E-state index is 0.0116. The van der Waals surface area contributed by atoms with Crippen LogP contribution in [-0.2, 0) is 16.4 Å².